The summed E-state index contributed by atoms with van der Waals surface area (Å²) in [5, 5.41) is 12.0. The van der Waals surface area contributed by atoms with Crippen LogP contribution in [-0.2, 0) is 4.79 Å². The molecule has 0 fully saturated rings. The molecule has 0 atom stereocenters. The zero-order chi connectivity index (χ0) is 10.6. The number of hydrogen-bond donors (Lipinski definition) is 2. The third kappa shape index (κ3) is 3.49. The number of phenolic OH excluding ortho intramolecular Hbond substituents is 1. The summed E-state index contributed by atoms with van der Waals surface area (Å²) in [6, 6.07) is 6.19. The van der Waals surface area contributed by atoms with Crippen LogP contribution in [0, 0.1) is 0 Å². The van der Waals surface area contributed by atoms with Crippen molar-refractivity contribution in [2.45, 2.75) is 6.92 Å². The molecule has 0 aliphatic carbocycles. The molecule has 1 amide bonds. The molecule has 0 aliphatic rings. The Hall–Kier alpha value is -1.48. The number of phenols is 1. The molecule has 1 aromatic rings. The lowest BCUT2D eigenvalue weighted by atomic mass is 10.3. The Morgan fingerprint density at radius 3 is 2.50 bits per heavy atom. The number of anilines is 1. The van der Waals surface area contributed by atoms with Gasteiger partial charge in [-0.1, -0.05) is 11.6 Å². The second kappa shape index (κ2) is 4.67. The summed E-state index contributed by atoms with van der Waals surface area (Å²) in [4.78, 5) is 11.2. The summed E-state index contributed by atoms with van der Waals surface area (Å²) in [6.07, 6.45) is 1.29. The van der Waals surface area contributed by atoms with Gasteiger partial charge in [-0.25, -0.2) is 0 Å². The summed E-state index contributed by atoms with van der Waals surface area (Å²) in [6.45, 7) is 1.62. The number of rotatable bonds is 2. The van der Waals surface area contributed by atoms with Crippen LogP contribution in [0.5, 0.6) is 5.75 Å². The van der Waals surface area contributed by atoms with Crippen LogP contribution in [0.2, 0.25) is 0 Å². The third-order valence-corrected chi connectivity index (χ3v) is 1.57. The van der Waals surface area contributed by atoms with E-state index in [2.05, 4.69) is 5.32 Å². The molecule has 4 heteroatoms. The Balaban J connectivity index is 2.66. The fourth-order valence-electron chi connectivity index (χ4n) is 0.904. The Morgan fingerprint density at radius 2 is 2.00 bits per heavy atom. The van der Waals surface area contributed by atoms with E-state index in [1.165, 1.54) is 18.2 Å². The van der Waals surface area contributed by atoms with Gasteiger partial charge in [-0.3, -0.25) is 4.79 Å². The fraction of sp³-hybridized carbons (Fsp3) is 0.100. The number of carbonyl (C=O) groups is 1. The number of allylic oxidation sites excluding steroid dienone is 1. The number of benzene rings is 1. The van der Waals surface area contributed by atoms with E-state index in [-0.39, 0.29) is 11.7 Å². The monoisotopic (exact) mass is 211 g/mol. The van der Waals surface area contributed by atoms with Gasteiger partial charge in [0.05, 0.1) is 0 Å². The van der Waals surface area contributed by atoms with Crippen LogP contribution in [0.25, 0.3) is 0 Å². The minimum atomic E-state index is -0.289. The second-order valence-corrected chi connectivity index (χ2v) is 3.36. The van der Waals surface area contributed by atoms with Crippen LogP contribution in [-0.4, -0.2) is 11.0 Å². The van der Waals surface area contributed by atoms with Crippen molar-refractivity contribution in [3.05, 3.63) is 35.4 Å². The van der Waals surface area contributed by atoms with Crippen molar-refractivity contribution in [3.8, 4) is 5.75 Å². The normalized spacial score (nSPS) is 11.1. The van der Waals surface area contributed by atoms with Gasteiger partial charge in [-0.15, -0.1) is 0 Å². The molecule has 74 valence electrons. The Labute approximate surface area is 87.0 Å². The van der Waals surface area contributed by atoms with E-state index in [1.807, 2.05) is 0 Å². The lowest BCUT2D eigenvalue weighted by Crippen LogP contribution is -2.07. The zero-order valence-electron chi connectivity index (χ0n) is 7.62. The molecule has 1 rings (SSSR count). The maximum atomic E-state index is 11.2. The van der Waals surface area contributed by atoms with Crippen LogP contribution in [0.15, 0.2) is 35.4 Å². The molecule has 0 saturated heterocycles. The molecule has 0 spiro atoms. The highest BCUT2D eigenvalue weighted by molar-refractivity contribution is 6.31. The highest BCUT2D eigenvalue weighted by Crippen LogP contribution is 2.13. The number of halogens is 1. The Kier molecular flexibility index (Phi) is 3.54. The predicted octanol–water partition coefficient (Wildman–Crippen LogP) is 2.47. The van der Waals surface area contributed by atoms with Crippen LogP contribution >= 0.6 is 11.6 Å². The molecule has 0 saturated carbocycles. The minimum Gasteiger partial charge on any atom is -0.508 e. The van der Waals surface area contributed by atoms with Gasteiger partial charge in [0, 0.05) is 16.8 Å². The van der Waals surface area contributed by atoms with Crippen molar-refractivity contribution in [2.75, 3.05) is 5.32 Å². The zero-order valence-corrected chi connectivity index (χ0v) is 8.38. The van der Waals surface area contributed by atoms with Crippen molar-refractivity contribution in [3.63, 3.8) is 0 Å². The molecule has 1 aromatic carbocycles. The van der Waals surface area contributed by atoms with Gasteiger partial charge in [0.1, 0.15) is 5.75 Å². The van der Waals surface area contributed by atoms with E-state index in [4.69, 9.17) is 16.7 Å². The van der Waals surface area contributed by atoms with Crippen LogP contribution in [0.3, 0.4) is 0 Å². The van der Waals surface area contributed by atoms with Crippen molar-refractivity contribution in [1.29, 1.82) is 0 Å². The SMILES string of the molecule is C/C(Cl)=C/C(=O)Nc1ccc(O)cc1. The summed E-state index contributed by atoms with van der Waals surface area (Å²) in [5.41, 5.74) is 0.613. The number of carbonyl (C=O) groups excluding carboxylic acids is 1. The molecule has 0 bridgehead atoms. The van der Waals surface area contributed by atoms with Gasteiger partial charge in [-0.2, -0.15) is 0 Å². The number of aromatic hydroxyl groups is 1. The lowest BCUT2D eigenvalue weighted by molar-refractivity contribution is -0.111. The largest absolute Gasteiger partial charge is 0.508 e. The fourth-order valence-corrected chi connectivity index (χ4v) is 1.00. The number of amides is 1. The highest BCUT2D eigenvalue weighted by Gasteiger charge is 1.98. The van der Waals surface area contributed by atoms with E-state index in [0.29, 0.717) is 10.7 Å². The van der Waals surface area contributed by atoms with Gasteiger partial charge in [-0.05, 0) is 31.2 Å². The Morgan fingerprint density at radius 1 is 1.43 bits per heavy atom. The maximum Gasteiger partial charge on any atom is 0.249 e. The average Bonchev–Trinajstić information content (AvgIpc) is 2.07. The van der Waals surface area contributed by atoms with E-state index >= 15 is 0 Å². The minimum absolute atomic E-state index is 0.159. The van der Waals surface area contributed by atoms with Gasteiger partial charge >= 0.3 is 0 Å². The van der Waals surface area contributed by atoms with Gasteiger partial charge in [0.15, 0.2) is 0 Å². The maximum absolute atomic E-state index is 11.2. The smallest absolute Gasteiger partial charge is 0.249 e. The second-order valence-electron chi connectivity index (χ2n) is 2.77. The molecule has 0 heterocycles. The van der Waals surface area contributed by atoms with Crippen LogP contribution < -0.4 is 5.32 Å². The van der Waals surface area contributed by atoms with Gasteiger partial charge < -0.3 is 10.4 Å². The van der Waals surface area contributed by atoms with Crippen LogP contribution in [0.4, 0.5) is 5.69 Å². The van der Waals surface area contributed by atoms with E-state index in [9.17, 15) is 4.79 Å². The standard InChI is InChI=1S/C10H10ClNO2/c1-7(11)6-10(14)12-8-2-4-9(13)5-3-8/h2-6,13H,1H3,(H,12,14)/b7-6-. The predicted molar refractivity (Wildman–Crippen MR) is 56.3 cm³/mol. The molecular formula is C10H10ClNO2. The highest BCUT2D eigenvalue weighted by atomic mass is 35.5. The first kappa shape index (κ1) is 10.6. The van der Waals surface area contributed by atoms with E-state index < -0.39 is 0 Å². The number of nitrogens with one attached hydrogen (secondary N) is 1. The molecular weight excluding hydrogens is 202 g/mol. The van der Waals surface area contributed by atoms with Crippen molar-refractivity contribution < 1.29 is 9.90 Å². The van der Waals surface area contributed by atoms with Crippen molar-refractivity contribution in [1.82, 2.24) is 0 Å². The van der Waals surface area contributed by atoms with Crippen molar-refractivity contribution >= 4 is 23.2 Å². The molecule has 0 radical (unpaired) electrons. The summed E-state index contributed by atoms with van der Waals surface area (Å²) >= 11 is 5.52. The first-order valence-corrected chi connectivity index (χ1v) is 4.39. The quantitative estimate of drug-likeness (QED) is 0.583. The molecule has 0 aliphatic heterocycles. The molecule has 0 unspecified atom stereocenters. The molecule has 14 heavy (non-hydrogen) atoms. The van der Waals surface area contributed by atoms with Gasteiger partial charge in [0.25, 0.3) is 0 Å². The topological polar surface area (TPSA) is 49.3 Å². The van der Waals surface area contributed by atoms with E-state index in [1.54, 1.807) is 19.1 Å². The van der Waals surface area contributed by atoms with E-state index in [0.717, 1.165) is 0 Å². The summed E-state index contributed by atoms with van der Waals surface area (Å²) in [7, 11) is 0. The first-order chi connectivity index (χ1) is 6.58. The molecule has 3 nitrogen and oxygen atoms in total. The average molecular weight is 212 g/mol. The summed E-state index contributed by atoms with van der Waals surface area (Å²) < 4.78 is 0. The number of hydrogen-bond acceptors (Lipinski definition) is 2. The lowest BCUT2D eigenvalue weighted by Gasteiger charge is -2.01. The molecule has 2 N–H and O–H groups in total. The summed E-state index contributed by atoms with van der Waals surface area (Å²) in [5.74, 6) is -0.129. The first-order valence-electron chi connectivity index (χ1n) is 4.02. The molecule has 0 aromatic heterocycles. The van der Waals surface area contributed by atoms with Gasteiger partial charge in [0.2, 0.25) is 5.91 Å². The Bertz CT molecular complexity index is 353. The van der Waals surface area contributed by atoms with Crippen LogP contribution in [0.1, 0.15) is 6.92 Å². The van der Waals surface area contributed by atoms with Crippen molar-refractivity contribution in [2.24, 2.45) is 0 Å². The third-order valence-electron chi connectivity index (χ3n) is 1.46.